The first-order valence-electron chi connectivity index (χ1n) is 3.86. The zero-order valence-corrected chi connectivity index (χ0v) is 9.42. The standard InChI is InChI=1S/C8H5BrF3NO3/c1-16-7-5(8(10,11)12)2-4(9)3-6(7)13(14)15/h2-3H,1H3. The third-order valence-corrected chi connectivity index (χ3v) is 2.20. The van der Waals surface area contributed by atoms with Crippen LogP contribution in [0.5, 0.6) is 5.75 Å². The van der Waals surface area contributed by atoms with Gasteiger partial charge in [-0.3, -0.25) is 10.1 Å². The summed E-state index contributed by atoms with van der Waals surface area (Å²) in [4.78, 5) is 9.62. The zero-order chi connectivity index (χ0) is 12.5. The Kier molecular flexibility index (Phi) is 3.41. The van der Waals surface area contributed by atoms with E-state index in [1.165, 1.54) is 0 Å². The number of ether oxygens (including phenoxy) is 1. The molecule has 1 aromatic carbocycles. The minimum Gasteiger partial charge on any atom is -0.490 e. The van der Waals surface area contributed by atoms with Crippen LogP contribution < -0.4 is 4.74 Å². The van der Waals surface area contributed by atoms with E-state index >= 15 is 0 Å². The van der Waals surface area contributed by atoms with Crippen molar-refractivity contribution >= 4 is 21.6 Å². The lowest BCUT2D eigenvalue weighted by molar-refractivity contribution is -0.386. The van der Waals surface area contributed by atoms with Crippen molar-refractivity contribution in [1.29, 1.82) is 0 Å². The first-order valence-corrected chi connectivity index (χ1v) is 4.65. The number of halogens is 4. The number of nitrogens with zero attached hydrogens (tertiary/aromatic N) is 1. The van der Waals surface area contributed by atoms with Crippen LogP contribution in [-0.4, -0.2) is 12.0 Å². The molecular formula is C8H5BrF3NO3. The number of rotatable bonds is 2. The van der Waals surface area contributed by atoms with Gasteiger partial charge < -0.3 is 4.74 Å². The summed E-state index contributed by atoms with van der Waals surface area (Å²) in [6.07, 6.45) is -4.71. The second-order valence-corrected chi connectivity index (χ2v) is 3.68. The first-order chi connectivity index (χ1) is 7.27. The number of methoxy groups -OCH3 is 1. The molecule has 0 heterocycles. The molecule has 0 N–H and O–H groups in total. The average Bonchev–Trinajstić information content (AvgIpc) is 2.14. The van der Waals surface area contributed by atoms with Gasteiger partial charge >= 0.3 is 11.9 Å². The number of hydrogen-bond acceptors (Lipinski definition) is 3. The Bertz CT molecular complexity index is 433. The van der Waals surface area contributed by atoms with Crippen LogP contribution in [0.2, 0.25) is 0 Å². The summed E-state index contributed by atoms with van der Waals surface area (Å²) < 4.78 is 42.0. The highest BCUT2D eigenvalue weighted by Crippen LogP contribution is 2.43. The summed E-state index contributed by atoms with van der Waals surface area (Å²) in [5, 5.41) is 10.5. The molecule has 0 saturated carbocycles. The van der Waals surface area contributed by atoms with E-state index < -0.39 is 28.1 Å². The number of benzene rings is 1. The van der Waals surface area contributed by atoms with Gasteiger partial charge in [0.25, 0.3) is 0 Å². The third kappa shape index (κ3) is 2.43. The monoisotopic (exact) mass is 299 g/mol. The number of nitro benzene ring substituents is 1. The van der Waals surface area contributed by atoms with Crippen molar-refractivity contribution in [2.24, 2.45) is 0 Å². The Morgan fingerprint density at radius 3 is 2.38 bits per heavy atom. The van der Waals surface area contributed by atoms with Gasteiger partial charge in [0.05, 0.1) is 12.0 Å². The lowest BCUT2D eigenvalue weighted by Gasteiger charge is -2.12. The predicted octanol–water partition coefficient (Wildman–Crippen LogP) is 3.38. The summed E-state index contributed by atoms with van der Waals surface area (Å²) in [7, 11) is 0.950. The molecule has 16 heavy (non-hydrogen) atoms. The molecule has 1 aromatic rings. The molecule has 0 bridgehead atoms. The number of nitro groups is 1. The highest BCUT2D eigenvalue weighted by molar-refractivity contribution is 9.10. The van der Waals surface area contributed by atoms with E-state index in [2.05, 4.69) is 20.7 Å². The van der Waals surface area contributed by atoms with Crippen LogP contribution >= 0.6 is 15.9 Å². The van der Waals surface area contributed by atoms with Crippen LogP contribution in [0.4, 0.5) is 18.9 Å². The van der Waals surface area contributed by atoms with E-state index in [0.717, 1.165) is 19.2 Å². The molecule has 0 aliphatic heterocycles. The van der Waals surface area contributed by atoms with Crippen LogP contribution in [0.1, 0.15) is 5.56 Å². The van der Waals surface area contributed by atoms with Crippen molar-refractivity contribution in [2.45, 2.75) is 6.18 Å². The van der Waals surface area contributed by atoms with Gasteiger partial charge in [-0.25, -0.2) is 0 Å². The third-order valence-electron chi connectivity index (χ3n) is 1.74. The molecule has 88 valence electrons. The van der Waals surface area contributed by atoms with E-state index in [9.17, 15) is 23.3 Å². The number of alkyl halides is 3. The fraction of sp³-hybridized carbons (Fsp3) is 0.250. The van der Waals surface area contributed by atoms with E-state index in [0.29, 0.717) is 0 Å². The van der Waals surface area contributed by atoms with Crippen LogP contribution in [-0.2, 0) is 6.18 Å². The number of hydrogen-bond donors (Lipinski definition) is 0. The van der Waals surface area contributed by atoms with Crippen molar-refractivity contribution in [1.82, 2.24) is 0 Å². The molecule has 4 nitrogen and oxygen atoms in total. The summed E-state index contributed by atoms with van der Waals surface area (Å²) in [5.74, 6) is -0.791. The van der Waals surface area contributed by atoms with Crippen LogP contribution in [0, 0.1) is 10.1 Å². The maximum Gasteiger partial charge on any atom is 0.420 e. The van der Waals surface area contributed by atoms with Crippen molar-refractivity contribution < 1.29 is 22.8 Å². The van der Waals surface area contributed by atoms with Crippen molar-refractivity contribution in [2.75, 3.05) is 7.11 Å². The predicted molar refractivity (Wildman–Crippen MR) is 52.4 cm³/mol. The van der Waals surface area contributed by atoms with Crippen LogP contribution in [0.3, 0.4) is 0 Å². The van der Waals surface area contributed by atoms with Gasteiger partial charge in [0.15, 0.2) is 0 Å². The van der Waals surface area contributed by atoms with Crippen LogP contribution in [0.25, 0.3) is 0 Å². The van der Waals surface area contributed by atoms with Gasteiger partial charge in [-0.1, -0.05) is 15.9 Å². The van der Waals surface area contributed by atoms with Gasteiger partial charge in [-0.15, -0.1) is 0 Å². The lowest BCUT2D eigenvalue weighted by Crippen LogP contribution is -2.09. The molecule has 1 rings (SSSR count). The van der Waals surface area contributed by atoms with Crippen molar-refractivity contribution in [3.63, 3.8) is 0 Å². The molecule has 0 spiro atoms. The average molecular weight is 300 g/mol. The molecule has 0 aliphatic carbocycles. The Morgan fingerprint density at radius 1 is 1.44 bits per heavy atom. The van der Waals surface area contributed by atoms with E-state index in [4.69, 9.17) is 0 Å². The van der Waals surface area contributed by atoms with E-state index in [1.807, 2.05) is 0 Å². The second-order valence-electron chi connectivity index (χ2n) is 2.76. The molecule has 0 fully saturated rings. The maximum atomic E-state index is 12.5. The lowest BCUT2D eigenvalue weighted by atomic mass is 10.1. The largest absolute Gasteiger partial charge is 0.490 e. The highest BCUT2D eigenvalue weighted by Gasteiger charge is 2.38. The molecule has 0 atom stereocenters. The highest BCUT2D eigenvalue weighted by atomic mass is 79.9. The van der Waals surface area contributed by atoms with Crippen LogP contribution in [0.15, 0.2) is 16.6 Å². The fourth-order valence-corrected chi connectivity index (χ4v) is 1.59. The smallest absolute Gasteiger partial charge is 0.420 e. The minimum absolute atomic E-state index is 0.0349. The second kappa shape index (κ2) is 4.28. The Labute approximate surface area is 96.3 Å². The molecule has 0 aromatic heterocycles. The normalized spacial score (nSPS) is 11.3. The minimum atomic E-state index is -4.71. The van der Waals surface area contributed by atoms with Gasteiger partial charge in [-0.05, 0) is 6.07 Å². The van der Waals surface area contributed by atoms with Crippen molar-refractivity contribution in [3.05, 3.63) is 32.3 Å². The fourth-order valence-electron chi connectivity index (χ4n) is 1.14. The zero-order valence-electron chi connectivity index (χ0n) is 7.84. The molecule has 0 radical (unpaired) electrons. The summed E-state index contributed by atoms with van der Waals surface area (Å²) in [6, 6.07) is 1.68. The van der Waals surface area contributed by atoms with Gasteiger partial charge in [0.1, 0.15) is 5.56 Å². The summed E-state index contributed by atoms with van der Waals surface area (Å²) in [5.41, 5.74) is -1.92. The van der Waals surface area contributed by atoms with Gasteiger partial charge in [0, 0.05) is 10.5 Å². The molecule has 0 saturated heterocycles. The van der Waals surface area contributed by atoms with Crippen molar-refractivity contribution in [3.8, 4) is 5.75 Å². The van der Waals surface area contributed by atoms with E-state index in [-0.39, 0.29) is 4.47 Å². The Balaban J connectivity index is 3.55. The molecule has 0 amide bonds. The quantitative estimate of drug-likeness (QED) is 0.621. The molecule has 0 aliphatic rings. The molecule has 0 unspecified atom stereocenters. The van der Waals surface area contributed by atoms with Gasteiger partial charge in [-0.2, -0.15) is 13.2 Å². The Hall–Kier alpha value is -1.31. The maximum absolute atomic E-state index is 12.5. The molecule has 8 heteroatoms. The topological polar surface area (TPSA) is 52.4 Å². The van der Waals surface area contributed by atoms with Gasteiger partial charge in [0.2, 0.25) is 5.75 Å². The SMILES string of the molecule is COc1c([N+](=O)[O-])cc(Br)cc1C(F)(F)F. The summed E-state index contributed by atoms with van der Waals surface area (Å²) >= 11 is 2.78. The Morgan fingerprint density at radius 2 is 2.00 bits per heavy atom. The first kappa shape index (κ1) is 12.8. The molecular weight excluding hydrogens is 295 g/mol. The van der Waals surface area contributed by atoms with E-state index in [1.54, 1.807) is 0 Å². The summed E-state index contributed by atoms with van der Waals surface area (Å²) in [6.45, 7) is 0.